The summed E-state index contributed by atoms with van der Waals surface area (Å²) in [7, 11) is 0. The highest BCUT2D eigenvalue weighted by Gasteiger charge is 2.14. The normalized spacial score (nSPS) is 12.3. The van der Waals surface area contributed by atoms with Gasteiger partial charge in [-0.3, -0.25) is 4.79 Å². The van der Waals surface area contributed by atoms with E-state index in [2.05, 4.69) is 10.3 Å². The first-order valence-corrected chi connectivity index (χ1v) is 6.87. The summed E-state index contributed by atoms with van der Waals surface area (Å²) in [6.07, 6.45) is 1.38. The van der Waals surface area contributed by atoms with E-state index in [-0.39, 0.29) is 22.9 Å². The largest absolute Gasteiger partial charge is 0.454 e. The summed E-state index contributed by atoms with van der Waals surface area (Å²) in [5, 5.41) is 3.19. The number of hydrogen-bond donors (Lipinski definition) is 1. The van der Waals surface area contributed by atoms with E-state index in [4.69, 9.17) is 32.7 Å². The van der Waals surface area contributed by atoms with Crippen molar-refractivity contribution in [1.82, 2.24) is 10.3 Å². The first kappa shape index (κ1) is 14.0. The van der Waals surface area contributed by atoms with Gasteiger partial charge in [-0.05, 0) is 23.8 Å². The van der Waals surface area contributed by atoms with Gasteiger partial charge in [0.05, 0.1) is 10.6 Å². The van der Waals surface area contributed by atoms with Crippen molar-refractivity contribution in [3.05, 3.63) is 51.8 Å². The van der Waals surface area contributed by atoms with Crippen molar-refractivity contribution in [2.24, 2.45) is 0 Å². The number of nitrogens with one attached hydrogen (secondary N) is 1. The molecule has 1 amide bonds. The van der Waals surface area contributed by atoms with E-state index in [9.17, 15) is 4.79 Å². The van der Waals surface area contributed by atoms with Crippen molar-refractivity contribution in [2.45, 2.75) is 6.54 Å². The molecule has 3 rings (SSSR count). The van der Waals surface area contributed by atoms with Crippen LogP contribution in [0.3, 0.4) is 0 Å². The molecule has 0 saturated carbocycles. The number of carbonyl (C=O) groups is 1. The molecular weight excluding hydrogens is 315 g/mol. The molecular formula is C14H10Cl2N2O3. The number of carbonyl (C=O) groups excluding carboxylic acids is 1. The zero-order chi connectivity index (χ0) is 14.8. The molecule has 1 aliphatic rings. The van der Waals surface area contributed by atoms with Crippen LogP contribution in [0.4, 0.5) is 0 Å². The molecule has 0 bridgehead atoms. The zero-order valence-electron chi connectivity index (χ0n) is 10.7. The van der Waals surface area contributed by atoms with E-state index in [0.29, 0.717) is 23.6 Å². The molecule has 5 nitrogen and oxygen atoms in total. The van der Waals surface area contributed by atoms with Gasteiger partial charge in [0, 0.05) is 12.7 Å². The maximum atomic E-state index is 12.0. The average Bonchev–Trinajstić information content (AvgIpc) is 2.95. The Balaban J connectivity index is 1.67. The molecule has 1 aromatic carbocycles. The Kier molecular flexibility index (Phi) is 3.86. The van der Waals surface area contributed by atoms with Crippen LogP contribution in [0.25, 0.3) is 0 Å². The molecule has 7 heteroatoms. The monoisotopic (exact) mass is 324 g/mol. The van der Waals surface area contributed by atoms with Gasteiger partial charge >= 0.3 is 0 Å². The summed E-state index contributed by atoms with van der Waals surface area (Å²) in [4.78, 5) is 15.8. The van der Waals surface area contributed by atoms with Crippen molar-refractivity contribution in [3.63, 3.8) is 0 Å². The molecule has 2 heterocycles. The number of ether oxygens (including phenoxy) is 2. The number of hydrogen-bond acceptors (Lipinski definition) is 4. The molecule has 0 unspecified atom stereocenters. The fourth-order valence-electron chi connectivity index (χ4n) is 1.88. The number of benzene rings is 1. The van der Waals surface area contributed by atoms with Crippen molar-refractivity contribution < 1.29 is 14.3 Å². The highest BCUT2D eigenvalue weighted by atomic mass is 35.5. The predicted molar refractivity (Wildman–Crippen MR) is 78.0 cm³/mol. The lowest BCUT2D eigenvalue weighted by Gasteiger charge is -2.06. The van der Waals surface area contributed by atoms with Gasteiger partial charge in [0.25, 0.3) is 5.91 Å². The van der Waals surface area contributed by atoms with Crippen LogP contribution in [0.5, 0.6) is 11.5 Å². The van der Waals surface area contributed by atoms with Crippen LogP contribution >= 0.6 is 23.2 Å². The smallest absolute Gasteiger partial charge is 0.253 e. The molecule has 0 radical (unpaired) electrons. The SMILES string of the molecule is O=C(NCc1ccc2c(c1)OCO2)c1cnc(Cl)c(Cl)c1. The Morgan fingerprint density at radius 2 is 2.05 bits per heavy atom. The molecule has 1 aromatic heterocycles. The van der Waals surface area contributed by atoms with Gasteiger partial charge in [-0.15, -0.1) is 0 Å². The van der Waals surface area contributed by atoms with Crippen LogP contribution in [-0.4, -0.2) is 17.7 Å². The van der Waals surface area contributed by atoms with Crippen LogP contribution in [0, 0.1) is 0 Å². The lowest BCUT2D eigenvalue weighted by molar-refractivity contribution is 0.0950. The van der Waals surface area contributed by atoms with E-state index in [0.717, 1.165) is 5.56 Å². The molecule has 21 heavy (non-hydrogen) atoms. The van der Waals surface area contributed by atoms with E-state index < -0.39 is 0 Å². The van der Waals surface area contributed by atoms with Gasteiger partial charge in [0.2, 0.25) is 6.79 Å². The number of halogens is 2. The molecule has 2 aromatic rings. The summed E-state index contributed by atoms with van der Waals surface area (Å²) in [5.74, 6) is 1.11. The highest BCUT2D eigenvalue weighted by Crippen LogP contribution is 2.32. The fraction of sp³-hybridized carbons (Fsp3) is 0.143. The minimum Gasteiger partial charge on any atom is -0.454 e. The lowest BCUT2D eigenvalue weighted by Crippen LogP contribution is -2.22. The molecule has 0 atom stereocenters. The lowest BCUT2D eigenvalue weighted by atomic mass is 10.2. The van der Waals surface area contributed by atoms with Crippen molar-refractivity contribution in [2.75, 3.05) is 6.79 Å². The highest BCUT2D eigenvalue weighted by molar-refractivity contribution is 6.41. The molecule has 1 aliphatic heterocycles. The first-order valence-electron chi connectivity index (χ1n) is 6.11. The van der Waals surface area contributed by atoms with Gasteiger partial charge in [-0.1, -0.05) is 29.3 Å². The third-order valence-electron chi connectivity index (χ3n) is 2.95. The predicted octanol–water partition coefficient (Wildman–Crippen LogP) is 3.05. The fourth-order valence-corrected chi connectivity index (χ4v) is 2.15. The Bertz CT molecular complexity index is 707. The van der Waals surface area contributed by atoms with E-state index in [1.54, 1.807) is 0 Å². The quantitative estimate of drug-likeness (QED) is 0.881. The van der Waals surface area contributed by atoms with Crippen LogP contribution in [0.2, 0.25) is 10.2 Å². The maximum Gasteiger partial charge on any atom is 0.253 e. The number of rotatable bonds is 3. The molecule has 0 spiro atoms. The summed E-state index contributed by atoms with van der Waals surface area (Å²) in [6.45, 7) is 0.579. The minimum atomic E-state index is -0.279. The Morgan fingerprint density at radius 3 is 2.86 bits per heavy atom. The molecule has 0 aliphatic carbocycles. The third kappa shape index (κ3) is 3.04. The van der Waals surface area contributed by atoms with Gasteiger partial charge < -0.3 is 14.8 Å². The van der Waals surface area contributed by atoms with E-state index >= 15 is 0 Å². The zero-order valence-corrected chi connectivity index (χ0v) is 12.2. The van der Waals surface area contributed by atoms with Crippen molar-refractivity contribution in [3.8, 4) is 11.5 Å². The number of nitrogens with zero attached hydrogens (tertiary/aromatic N) is 1. The second-order valence-corrected chi connectivity index (χ2v) is 5.13. The van der Waals surface area contributed by atoms with Gasteiger partial charge in [-0.25, -0.2) is 4.98 Å². The third-order valence-corrected chi connectivity index (χ3v) is 3.63. The number of pyridine rings is 1. The maximum absolute atomic E-state index is 12.0. The summed E-state index contributed by atoms with van der Waals surface area (Å²) < 4.78 is 10.5. The topological polar surface area (TPSA) is 60.5 Å². The second kappa shape index (κ2) is 5.79. The van der Waals surface area contributed by atoms with Crippen LogP contribution < -0.4 is 14.8 Å². The number of aromatic nitrogens is 1. The summed E-state index contributed by atoms with van der Waals surface area (Å²) >= 11 is 11.5. The summed E-state index contributed by atoms with van der Waals surface area (Å²) in [6, 6.07) is 6.98. The van der Waals surface area contributed by atoms with Crippen LogP contribution in [0.15, 0.2) is 30.5 Å². The van der Waals surface area contributed by atoms with Crippen LogP contribution in [-0.2, 0) is 6.54 Å². The van der Waals surface area contributed by atoms with Gasteiger partial charge in [-0.2, -0.15) is 0 Å². The molecule has 108 valence electrons. The molecule has 0 saturated heterocycles. The summed E-state index contributed by atoms with van der Waals surface area (Å²) in [5.41, 5.74) is 1.26. The molecule has 1 N–H and O–H groups in total. The molecule has 0 fully saturated rings. The standard InChI is InChI=1S/C14H10Cl2N2O3/c15-10-4-9(6-17-13(10)16)14(19)18-5-8-1-2-11-12(3-8)21-7-20-11/h1-4,6H,5,7H2,(H,18,19). The number of amides is 1. The Hall–Kier alpha value is -1.98. The van der Waals surface area contributed by atoms with Crippen molar-refractivity contribution >= 4 is 29.1 Å². The second-order valence-electron chi connectivity index (χ2n) is 4.37. The first-order chi connectivity index (χ1) is 10.1. The van der Waals surface area contributed by atoms with Gasteiger partial charge in [0.1, 0.15) is 5.15 Å². The van der Waals surface area contributed by atoms with Crippen molar-refractivity contribution in [1.29, 1.82) is 0 Å². The van der Waals surface area contributed by atoms with E-state index in [1.807, 2.05) is 18.2 Å². The van der Waals surface area contributed by atoms with Crippen LogP contribution in [0.1, 0.15) is 15.9 Å². The minimum absolute atomic E-state index is 0.170. The Labute approximate surface area is 130 Å². The Morgan fingerprint density at radius 1 is 1.24 bits per heavy atom. The van der Waals surface area contributed by atoms with Gasteiger partial charge in [0.15, 0.2) is 11.5 Å². The van der Waals surface area contributed by atoms with E-state index in [1.165, 1.54) is 12.3 Å². The number of fused-ring (bicyclic) bond motifs is 1. The average molecular weight is 325 g/mol.